The molecule has 0 aliphatic heterocycles. The van der Waals surface area contributed by atoms with E-state index in [9.17, 15) is 13.2 Å². The highest BCUT2D eigenvalue weighted by molar-refractivity contribution is 5.46. The molecule has 0 bridgehead atoms. The van der Waals surface area contributed by atoms with Gasteiger partial charge in [0.15, 0.2) is 0 Å². The average molecular weight is 278 g/mol. The Kier molecular flexibility index (Phi) is 5.34. The van der Waals surface area contributed by atoms with E-state index in [4.69, 9.17) is 10.8 Å². The first-order valence-electron chi connectivity index (χ1n) is 5.88. The molecule has 0 saturated carbocycles. The van der Waals surface area contributed by atoms with Crippen LogP contribution in [0.25, 0.3) is 0 Å². The second-order valence-corrected chi connectivity index (χ2v) is 4.18. The van der Waals surface area contributed by atoms with Gasteiger partial charge in [-0.15, -0.1) is 0 Å². The van der Waals surface area contributed by atoms with Crippen molar-refractivity contribution in [3.05, 3.63) is 11.9 Å². The van der Waals surface area contributed by atoms with Gasteiger partial charge in [-0.25, -0.2) is 9.97 Å². The molecule has 1 heterocycles. The first-order chi connectivity index (χ1) is 8.84. The number of hydrogen-bond acceptors (Lipinski definition) is 5. The Morgan fingerprint density at radius 2 is 1.95 bits per heavy atom. The summed E-state index contributed by atoms with van der Waals surface area (Å²) in [5.41, 5.74) is 5.36. The molecule has 1 aromatic heterocycles. The lowest BCUT2D eigenvalue weighted by Crippen LogP contribution is -2.22. The molecule has 0 aromatic carbocycles. The Hall–Kier alpha value is -1.57. The van der Waals surface area contributed by atoms with Gasteiger partial charge >= 0.3 is 6.18 Å². The molecule has 8 heteroatoms. The lowest BCUT2D eigenvalue weighted by molar-refractivity contribution is -0.144. The van der Waals surface area contributed by atoms with Gasteiger partial charge in [-0.1, -0.05) is 0 Å². The maximum Gasteiger partial charge on any atom is 0.451 e. The quantitative estimate of drug-likeness (QED) is 0.774. The molecule has 0 spiro atoms. The average Bonchev–Trinajstić information content (AvgIpc) is 2.32. The minimum Gasteiger partial charge on any atom is -0.396 e. The monoisotopic (exact) mass is 278 g/mol. The van der Waals surface area contributed by atoms with Crippen molar-refractivity contribution in [1.82, 2.24) is 9.97 Å². The smallest absolute Gasteiger partial charge is 0.396 e. The highest BCUT2D eigenvalue weighted by Gasteiger charge is 2.35. The zero-order valence-corrected chi connectivity index (χ0v) is 10.6. The van der Waals surface area contributed by atoms with Crippen LogP contribution < -0.4 is 10.6 Å². The largest absolute Gasteiger partial charge is 0.451 e. The van der Waals surface area contributed by atoms with E-state index < -0.39 is 12.0 Å². The summed E-state index contributed by atoms with van der Waals surface area (Å²) >= 11 is 0. The van der Waals surface area contributed by atoms with Crippen LogP contribution in [0.15, 0.2) is 6.07 Å². The number of alkyl halides is 3. The fourth-order valence-electron chi connectivity index (χ4n) is 1.53. The van der Waals surface area contributed by atoms with E-state index in [1.54, 1.807) is 11.9 Å². The zero-order chi connectivity index (χ0) is 14.5. The van der Waals surface area contributed by atoms with E-state index in [0.717, 1.165) is 12.8 Å². The van der Waals surface area contributed by atoms with Crippen LogP contribution in [0.3, 0.4) is 0 Å². The lowest BCUT2D eigenvalue weighted by atomic mass is 10.2. The van der Waals surface area contributed by atoms with E-state index in [2.05, 4.69) is 9.97 Å². The molecule has 0 amide bonds. The number of rotatable bonds is 6. The van der Waals surface area contributed by atoms with Crippen LogP contribution in [-0.4, -0.2) is 35.3 Å². The number of aliphatic hydroxyl groups excluding tert-OH is 1. The number of unbranched alkanes of at least 4 members (excludes halogenated alkanes) is 2. The first kappa shape index (κ1) is 15.5. The predicted molar refractivity (Wildman–Crippen MR) is 65.7 cm³/mol. The van der Waals surface area contributed by atoms with Gasteiger partial charge in [0.25, 0.3) is 0 Å². The summed E-state index contributed by atoms with van der Waals surface area (Å²) in [6.07, 6.45) is -2.38. The molecule has 5 nitrogen and oxygen atoms in total. The number of nitrogens with zero attached hydrogens (tertiary/aromatic N) is 3. The zero-order valence-electron chi connectivity index (χ0n) is 10.6. The Labute approximate surface area is 109 Å². The Bertz CT molecular complexity index is 411. The summed E-state index contributed by atoms with van der Waals surface area (Å²) in [4.78, 5) is 8.23. The molecule has 0 unspecified atom stereocenters. The molecule has 3 N–H and O–H groups in total. The lowest BCUT2D eigenvalue weighted by Gasteiger charge is -2.19. The first-order valence-corrected chi connectivity index (χ1v) is 5.88. The van der Waals surface area contributed by atoms with Crippen LogP contribution in [0.4, 0.5) is 24.8 Å². The van der Waals surface area contributed by atoms with Crippen LogP contribution in [0.2, 0.25) is 0 Å². The minimum atomic E-state index is -4.61. The molecule has 0 fully saturated rings. The standard InChI is InChI=1S/C11H17F3N4O/c1-18(5-3-2-4-6-19)9-7-8(15)16-10(17-9)11(12,13)14/h7,19H,2-6H2,1H3,(H2,15,16,17). The van der Waals surface area contributed by atoms with Crippen molar-refractivity contribution in [2.24, 2.45) is 0 Å². The van der Waals surface area contributed by atoms with E-state index in [-0.39, 0.29) is 18.2 Å². The van der Waals surface area contributed by atoms with Crippen molar-refractivity contribution in [1.29, 1.82) is 0 Å². The van der Waals surface area contributed by atoms with Gasteiger partial charge in [-0.3, -0.25) is 0 Å². The van der Waals surface area contributed by atoms with Crippen molar-refractivity contribution in [2.75, 3.05) is 30.8 Å². The van der Waals surface area contributed by atoms with Crippen LogP contribution >= 0.6 is 0 Å². The number of hydrogen-bond donors (Lipinski definition) is 2. The van der Waals surface area contributed by atoms with Crippen LogP contribution in [0, 0.1) is 0 Å². The normalized spacial score (nSPS) is 11.6. The molecule has 0 saturated heterocycles. The van der Waals surface area contributed by atoms with Crippen molar-refractivity contribution in [2.45, 2.75) is 25.4 Å². The van der Waals surface area contributed by atoms with E-state index >= 15 is 0 Å². The number of nitrogens with two attached hydrogens (primary N) is 1. The molecule has 0 aliphatic rings. The second kappa shape index (κ2) is 6.55. The van der Waals surface area contributed by atoms with E-state index in [1.165, 1.54) is 6.07 Å². The number of aliphatic hydroxyl groups is 1. The van der Waals surface area contributed by atoms with Gasteiger partial charge in [0.1, 0.15) is 11.6 Å². The SMILES string of the molecule is CN(CCCCCO)c1cc(N)nc(C(F)(F)F)n1. The van der Waals surface area contributed by atoms with Gasteiger partial charge in [0.2, 0.25) is 5.82 Å². The maximum atomic E-state index is 12.5. The minimum absolute atomic E-state index is 0.113. The third kappa shape index (κ3) is 4.90. The summed E-state index contributed by atoms with van der Waals surface area (Å²) in [5, 5.41) is 8.64. The van der Waals surface area contributed by atoms with Gasteiger partial charge < -0.3 is 15.7 Å². The second-order valence-electron chi connectivity index (χ2n) is 4.18. The molecular weight excluding hydrogens is 261 g/mol. The third-order valence-electron chi connectivity index (χ3n) is 2.53. The summed E-state index contributed by atoms with van der Waals surface area (Å²) < 4.78 is 37.6. The van der Waals surface area contributed by atoms with Crippen LogP contribution in [0.1, 0.15) is 25.1 Å². The molecule has 1 rings (SSSR count). The Morgan fingerprint density at radius 1 is 1.26 bits per heavy atom. The van der Waals surface area contributed by atoms with Gasteiger partial charge in [-0.2, -0.15) is 13.2 Å². The van der Waals surface area contributed by atoms with E-state index in [1.807, 2.05) is 0 Å². The van der Waals surface area contributed by atoms with Crippen molar-refractivity contribution in [3.8, 4) is 0 Å². The third-order valence-corrected chi connectivity index (χ3v) is 2.53. The highest BCUT2D eigenvalue weighted by atomic mass is 19.4. The fraction of sp³-hybridized carbons (Fsp3) is 0.636. The van der Waals surface area contributed by atoms with Crippen molar-refractivity contribution < 1.29 is 18.3 Å². The van der Waals surface area contributed by atoms with Crippen molar-refractivity contribution in [3.63, 3.8) is 0 Å². The molecule has 0 radical (unpaired) electrons. The summed E-state index contributed by atoms with van der Waals surface area (Å²) in [7, 11) is 1.64. The van der Waals surface area contributed by atoms with Gasteiger partial charge in [0.05, 0.1) is 0 Å². The number of nitrogen functional groups attached to an aromatic ring is 1. The van der Waals surface area contributed by atoms with Gasteiger partial charge in [-0.05, 0) is 19.3 Å². The van der Waals surface area contributed by atoms with E-state index in [0.29, 0.717) is 13.0 Å². The Balaban J connectivity index is 2.74. The summed E-state index contributed by atoms with van der Waals surface area (Å²) in [6, 6.07) is 1.31. The highest BCUT2D eigenvalue weighted by Crippen LogP contribution is 2.28. The molecule has 108 valence electrons. The van der Waals surface area contributed by atoms with Crippen LogP contribution in [0.5, 0.6) is 0 Å². The van der Waals surface area contributed by atoms with Crippen molar-refractivity contribution >= 4 is 11.6 Å². The Morgan fingerprint density at radius 3 is 2.53 bits per heavy atom. The predicted octanol–water partition coefficient (Wildman–Crippen LogP) is 1.68. The number of anilines is 2. The topological polar surface area (TPSA) is 75.3 Å². The van der Waals surface area contributed by atoms with Gasteiger partial charge in [0, 0.05) is 26.3 Å². The summed E-state index contributed by atoms with van der Waals surface area (Å²) in [5.74, 6) is -1.30. The molecule has 0 atom stereocenters. The number of halogens is 3. The maximum absolute atomic E-state index is 12.5. The van der Waals surface area contributed by atoms with Crippen LogP contribution in [-0.2, 0) is 6.18 Å². The number of aromatic nitrogens is 2. The molecule has 0 aliphatic carbocycles. The molecular formula is C11H17F3N4O. The molecule has 19 heavy (non-hydrogen) atoms. The summed E-state index contributed by atoms with van der Waals surface area (Å²) in [6.45, 7) is 0.649. The molecule has 1 aromatic rings. The fourth-order valence-corrected chi connectivity index (χ4v) is 1.53.